The first kappa shape index (κ1) is 12.1. The van der Waals surface area contributed by atoms with Crippen LogP contribution in [0.3, 0.4) is 0 Å². The highest BCUT2D eigenvalue weighted by atomic mass is 35.5. The summed E-state index contributed by atoms with van der Waals surface area (Å²) < 4.78 is 11.4. The summed E-state index contributed by atoms with van der Waals surface area (Å²) >= 11 is 6.31. The summed E-state index contributed by atoms with van der Waals surface area (Å²) in [7, 11) is 0. The number of ether oxygens (including phenoxy) is 2. The van der Waals surface area contributed by atoms with Crippen LogP contribution in [0.1, 0.15) is 31.2 Å². The first-order valence-electron chi connectivity index (χ1n) is 6.56. The molecule has 1 fully saturated rings. The van der Waals surface area contributed by atoms with Crippen LogP contribution in [0, 0.1) is 0 Å². The van der Waals surface area contributed by atoms with Crippen LogP contribution in [0.5, 0.6) is 11.5 Å². The summed E-state index contributed by atoms with van der Waals surface area (Å²) in [6, 6.07) is 4.70. The number of rotatable bonds is 1. The number of hydrogen-bond acceptors (Lipinski definition) is 3. The van der Waals surface area contributed by atoms with E-state index >= 15 is 0 Å². The largest absolute Gasteiger partial charge is 0.489 e. The van der Waals surface area contributed by atoms with Gasteiger partial charge in [0, 0.05) is 19.0 Å². The van der Waals surface area contributed by atoms with Gasteiger partial charge in [0.05, 0.1) is 18.2 Å². The van der Waals surface area contributed by atoms with Crippen molar-refractivity contribution < 1.29 is 9.47 Å². The van der Waals surface area contributed by atoms with E-state index in [9.17, 15) is 0 Å². The van der Waals surface area contributed by atoms with E-state index in [1.807, 2.05) is 6.07 Å². The third-order valence-electron chi connectivity index (χ3n) is 3.65. The minimum atomic E-state index is 0.523. The fourth-order valence-electron chi connectivity index (χ4n) is 2.68. The maximum Gasteiger partial charge on any atom is 0.179 e. The van der Waals surface area contributed by atoms with E-state index in [4.69, 9.17) is 21.1 Å². The second-order valence-corrected chi connectivity index (χ2v) is 5.53. The van der Waals surface area contributed by atoms with E-state index in [0.29, 0.717) is 35.9 Å². The van der Waals surface area contributed by atoms with Gasteiger partial charge in [-0.25, -0.2) is 0 Å². The Bertz CT molecular complexity index is 450. The molecule has 2 heterocycles. The third-order valence-corrected chi connectivity index (χ3v) is 3.93. The molecule has 1 aromatic rings. The zero-order chi connectivity index (χ0) is 12.5. The molecule has 2 unspecified atom stereocenters. The Balaban J connectivity index is 1.92. The molecule has 4 heteroatoms. The van der Waals surface area contributed by atoms with Crippen molar-refractivity contribution in [1.82, 2.24) is 5.32 Å². The topological polar surface area (TPSA) is 30.5 Å². The molecule has 0 amide bonds. The number of fused-ring (bicyclic) bond motifs is 1. The van der Waals surface area contributed by atoms with Crippen molar-refractivity contribution >= 4 is 11.6 Å². The summed E-state index contributed by atoms with van der Waals surface area (Å²) in [5.41, 5.74) is 1.25. The van der Waals surface area contributed by atoms with Crippen LogP contribution in [0.2, 0.25) is 5.02 Å². The normalized spacial score (nSPS) is 27.0. The molecule has 1 aromatic carbocycles. The first-order valence-corrected chi connectivity index (χ1v) is 6.94. The van der Waals surface area contributed by atoms with E-state index in [0.717, 1.165) is 25.1 Å². The van der Waals surface area contributed by atoms with Gasteiger partial charge >= 0.3 is 0 Å². The number of nitrogens with one attached hydrogen (secondary N) is 1. The minimum absolute atomic E-state index is 0.523. The molecule has 0 aromatic heterocycles. The van der Waals surface area contributed by atoms with Crippen LogP contribution in [0.25, 0.3) is 0 Å². The molecule has 18 heavy (non-hydrogen) atoms. The lowest BCUT2D eigenvalue weighted by Gasteiger charge is -2.15. The lowest BCUT2D eigenvalue weighted by atomic mass is 9.96. The molecule has 0 bridgehead atoms. The minimum Gasteiger partial charge on any atom is -0.489 e. The van der Waals surface area contributed by atoms with Crippen molar-refractivity contribution in [3.63, 3.8) is 0 Å². The van der Waals surface area contributed by atoms with E-state index in [-0.39, 0.29) is 0 Å². The molecular weight excluding hydrogens is 250 g/mol. The van der Waals surface area contributed by atoms with Crippen molar-refractivity contribution in [2.45, 2.75) is 31.7 Å². The van der Waals surface area contributed by atoms with E-state index in [1.54, 1.807) is 0 Å². The number of benzene rings is 1. The molecule has 1 N–H and O–H groups in total. The second kappa shape index (κ2) is 4.98. The predicted octanol–water partition coefficient (Wildman–Crippen LogP) is 2.97. The molecule has 1 saturated heterocycles. The maximum absolute atomic E-state index is 6.31. The Kier molecular flexibility index (Phi) is 3.35. The third kappa shape index (κ3) is 2.29. The highest BCUT2D eigenvalue weighted by Crippen LogP contribution is 2.40. The van der Waals surface area contributed by atoms with Gasteiger partial charge in [-0.05, 0) is 37.0 Å². The molecule has 0 radical (unpaired) electrons. The Labute approximate surface area is 112 Å². The average molecular weight is 268 g/mol. The molecule has 0 aliphatic carbocycles. The molecule has 0 saturated carbocycles. The van der Waals surface area contributed by atoms with Crippen LogP contribution in [-0.2, 0) is 0 Å². The molecule has 98 valence electrons. The zero-order valence-electron chi connectivity index (χ0n) is 10.5. The maximum atomic E-state index is 6.31. The van der Waals surface area contributed by atoms with E-state index < -0.39 is 0 Å². The van der Waals surface area contributed by atoms with E-state index in [2.05, 4.69) is 18.3 Å². The van der Waals surface area contributed by atoms with Gasteiger partial charge in [-0.2, -0.15) is 0 Å². The highest BCUT2D eigenvalue weighted by molar-refractivity contribution is 6.32. The van der Waals surface area contributed by atoms with Crippen molar-refractivity contribution in [2.24, 2.45) is 0 Å². The summed E-state index contributed by atoms with van der Waals surface area (Å²) in [6.45, 7) is 4.60. The van der Waals surface area contributed by atoms with Crippen LogP contribution in [0.4, 0.5) is 0 Å². The smallest absolute Gasteiger partial charge is 0.179 e. The fourth-order valence-corrected chi connectivity index (χ4v) is 2.95. The Morgan fingerprint density at radius 1 is 1.28 bits per heavy atom. The molecule has 0 spiro atoms. The number of halogens is 1. The van der Waals surface area contributed by atoms with Gasteiger partial charge in [-0.3, -0.25) is 0 Å². The van der Waals surface area contributed by atoms with Crippen molar-refractivity contribution in [3.8, 4) is 11.5 Å². The SMILES string of the molecule is CC1CC(c2cc(Cl)c3c(c2)OCCCO3)CN1. The van der Waals surface area contributed by atoms with Crippen molar-refractivity contribution in [2.75, 3.05) is 19.8 Å². The first-order chi connectivity index (χ1) is 8.74. The van der Waals surface area contributed by atoms with Gasteiger partial charge in [0.25, 0.3) is 0 Å². The van der Waals surface area contributed by atoms with Crippen molar-refractivity contribution in [3.05, 3.63) is 22.7 Å². The van der Waals surface area contributed by atoms with Gasteiger partial charge in [0.2, 0.25) is 0 Å². The zero-order valence-corrected chi connectivity index (χ0v) is 11.3. The van der Waals surface area contributed by atoms with Gasteiger partial charge in [-0.15, -0.1) is 0 Å². The van der Waals surface area contributed by atoms with Crippen LogP contribution in [0.15, 0.2) is 12.1 Å². The van der Waals surface area contributed by atoms with E-state index in [1.165, 1.54) is 5.56 Å². The summed E-state index contributed by atoms with van der Waals surface area (Å²) in [4.78, 5) is 0. The van der Waals surface area contributed by atoms with Gasteiger partial charge < -0.3 is 14.8 Å². The monoisotopic (exact) mass is 267 g/mol. The predicted molar refractivity (Wildman–Crippen MR) is 71.9 cm³/mol. The standard InChI is InChI=1S/C14H18ClNO2/c1-9-5-11(8-16-9)10-6-12(15)14-13(7-10)17-3-2-4-18-14/h6-7,9,11,16H,2-5,8H2,1H3. The van der Waals surface area contributed by atoms with Gasteiger partial charge in [-0.1, -0.05) is 11.6 Å². The van der Waals surface area contributed by atoms with Gasteiger partial charge in [0.15, 0.2) is 11.5 Å². The summed E-state index contributed by atoms with van der Waals surface area (Å²) in [6.07, 6.45) is 2.05. The Hall–Kier alpha value is -0.930. The Morgan fingerprint density at radius 2 is 2.11 bits per heavy atom. The van der Waals surface area contributed by atoms with Crippen LogP contribution < -0.4 is 14.8 Å². The quantitative estimate of drug-likeness (QED) is 0.849. The summed E-state index contributed by atoms with van der Waals surface area (Å²) in [5.74, 6) is 2.03. The molecule has 3 nitrogen and oxygen atoms in total. The summed E-state index contributed by atoms with van der Waals surface area (Å²) in [5, 5.41) is 4.14. The molecular formula is C14H18ClNO2. The average Bonchev–Trinajstić information content (AvgIpc) is 2.63. The second-order valence-electron chi connectivity index (χ2n) is 5.12. The fraction of sp³-hybridized carbons (Fsp3) is 0.571. The van der Waals surface area contributed by atoms with Crippen molar-refractivity contribution in [1.29, 1.82) is 0 Å². The molecule has 2 aliphatic rings. The highest BCUT2D eigenvalue weighted by Gasteiger charge is 2.25. The molecule has 2 atom stereocenters. The van der Waals surface area contributed by atoms with Gasteiger partial charge in [0.1, 0.15) is 0 Å². The molecule has 3 rings (SSSR count). The molecule has 2 aliphatic heterocycles. The van der Waals surface area contributed by atoms with Crippen LogP contribution >= 0.6 is 11.6 Å². The number of hydrogen-bond donors (Lipinski definition) is 1. The van der Waals surface area contributed by atoms with Crippen LogP contribution in [-0.4, -0.2) is 25.8 Å². The lowest BCUT2D eigenvalue weighted by molar-refractivity contribution is 0.297. The Morgan fingerprint density at radius 3 is 2.89 bits per heavy atom. The lowest BCUT2D eigenvalue weighted by Crippen LogP contribution is -2.16.